The molecule has 0 aromatic carbocycles. The van der Waals surface area contributed by atoms with Crippen molar-refractivity contribution in [3.63, 3.8) is 0 Å². The van der Waals surface area contributed by atoms with E-state index in [1.54, 1.807) is 24.2 Å². The van der Waals surface area contributed by atoms with E-state index in [4.69, 9.17) is 4.74 Å². The molecule has 0 saturated heterocycles. The Morgan fingerprint density at radius 1 is 1.42 bits per heavy atom. The lowest BCUT2D eigenvalue weighted by atomic mass is 10.1. The molecule has 100 valence electrons. The first-order chi connectivity index (χ1) is 9.26. The number of carbonyl (C=O) groups is 1. The number of ether oxygens (including phenoxy) is 1. The van der Waals surface area contributed by atoms with E-state index < -0.39 is 0 Å². The molecule has 0 N–H and O–H groups in total. The molecule has 2 heterocycles. The van der Waals surface area contributed by atoms with E-state index in [1.807, 2.05) is 25.1 Å². The number of aromatic nitrogens is 3. The Kier molecular flexibility index (Phi) is 4.28. The summed E-state index contributed by atoms with van der Waals surface area (Å²) < 4.78 is 6.91. The molecule has 0 bridgehead atoms. The number of hydrogen-bond donors (Lipinski definition) is 0. The van der Waals surface area contributed by atoms with E-state index in [9.17, 15) is 4.79 Å². The lowest BCUT2D eigenvalue weighted by molar-refractivity contribution is 0.0978. The topological polar surface area (TPSA) is 57.0 Å². The first-order valence-corrected chi connectivity index (χ1v) is 6.29. The van der Waals surface area contributed by atoms with Crippen molar-refractivity contribution in [3.8, 4) is 5.75 Å². The fraction of sp³-hybridized carbons (Fsp3) is 0.357. The van der Waals surface area contributed by atoms with Crippen LogP contribution >= 0.6 is 0 Å². The first-order valence-electron chi connectivity index (χ1n) is 6.29. The second-order valence-electron chi connectivity index (χ2n) is 4.21. The van der Waals surface area contributed by atoms with Crippen LogP contribution in [0.15, 0.2) is 30.6 Å². The van der Waals surface area contributed by atoms with Crippen molar-refractivity contribution in [1.29, 1.82) is 0 Å². The predicted molar refractivity (Wildman–Crippen MR) is 71.3 cm³/mol. The Morgan fingerprint density at radius 2 is 2.26 bits per heavy atom. The van der Waals surface area contributed by atoms with Gasteiger partial charge in [0.1, 0.15) is 5.69 Å². The van der Waals surface area contributed by atoms with E-state index in [0.717, 1.165) is 12.1 Å². The van der Waals surface area contributed by atoms with Crippen LogP contribution in [-0.2, 0) is 13.0 Å². The molecule has 0 aliphatic heterocycles. The average molecular weight is 259 g/mol. The van der Waals surface area contributed by atoms with Gasteiger partial charge in [-0.3, -0.25) is 14.5 Å². The van der Waals surface area contributed by atoms with Crippen LogP contribution in [0.3, 0.4) is 0 Å². The largest absolute Gasteiger partial charge is 0.493 e. The van der Waals surface area contributed by atoms with Crippen LogP contribution in [0.25, 0.3) is 0 Å². The first kappa shape index (κ1) is 13.3. The van der Waals surface area contributed by atoms with Crippen molar-refractivity contribution in [2.75, 3.05) is 7.11 Å². The highest BCUT2D eigenvalue weighted by atomic mass is 16.5. The summed E-state index contributed by atoms with van der Waals surface area (Å²) in [6, 6.07) is 5.54. The Balaban J connectivity index is 2.25. The van der Waals surface area contributed by atoms with Crippen molar-refractivity contribution in [2.24, 2.45) is 0 Å². The molecule has 2 aromatic heterocycles. The molecule has 0 radical (unpaired) electrons. The molecule has 5 nitrogen and oxygen atoms in total. The number of aryl methyl sites for hydroxylation is 1. The minimum Gasteiger partial charge on any atom is -0.493 e. The SMILES string of the molecule is CCCn1ncc(OC)c1C(=O)Cc1ccccn1. The van der Waals surface area contributed by atoms with Crippen LogP contribution in [0.2, 0.25) is 0 Å². The van der Waals surface area contributed by atoms with Gasteiger partial charge in [-0.1, -0.05) is 13.0 Å². The Labute approximate surface area is 112 Å². The summed E-state index contributed by atoms with van der Waals surface area (Å²) >= 11 is 0. The second kappa shape index (κ2) is 6.13. The second-order valence-corrected chi connectivity index (χ2v) is 4.21. The van der Waals surface area contributed by atoms with Crippen LogP contribution < -0.4 is 4.74 Å². The van der Waals surface area contributed by atoms with Gasteiger partial charge in [0.05, 0.1) is 19.7 Å². The summed E-state index contributed by atoms with van der Waals surface area (Å²) in [6.45, 7) is 2.74. The van der Waals surface area contributed by atoms with Crippen molar-refractivity contribution in [3.05, 3.63) is 42.0 Å². The van der Waals surface area contributed by atoms with Crippen molar-refractivity contribution in [2.45, 2.75) is 26.3 Å². The molecule has 19 heavy (non-hydrogen) atoms. The highest BCUT2D eigenvalue weighted by Crippen LogP contribution is 2.19. The van der Waals surface area contributed by atoms with Crippen LogP contribution in [-0.4, -0.2) is 27.7 Å². The summed E-state index contributed by atoms with van der Waals surface area (Å²) in [5.74, 6) is 0.496. The summed E-state index contributed by atoms with van der Waals surface area (Å²) in [5.41, 5.74) is 1.27. The van der Waals surface area contributed by atoms with Gasteiger partial charge < -0.3 is 4.74 Å². The van der Waals surface area contributed by atoms with E-state index in [0.29, 0.717) is 18.0 Å². The minimum atomic E-state index is -0.0264. The van der Waals surface area contributed by atoms with Gasteiger partial charge in [-0.25, -0.2) is 0 Å². The number of rotatable bonds is 6. The maximum Gasteiger partial charge on any atom is 0.190 e. The molecule has 0 spiro atoms. The number of Topliss-reactive ketones (excluding diaryl/α,β-unsaturated/α-hetero) is 1. The maximum atomic E-state index is 12.4. The van der Waals surface area contributed by atoms with Crippen LogP contribution in [0.1, 0.15) is 29.5 Å². The average Bonchev–Trinajstić information content (AvgIpc) is 2.83. The summed E-state index contributed by atoms with van der Waals surface area (Å²) in [6.07, 6.45) is 4.44. The van der Waals surface area contributed by atoms with Crippen molar-refractivity contribution < 1.29 is 9.53 Å². The van der Waals surface area contributed by atoms with Gasteiger partial charge in [-0.05, 0) is 18.6 Å². The highest BCUT2D eigenvalue weighted by molar-refractivity contribution is 5.98. The molecule has 0 atom stereocenters. The lowest BCUT2D eigenvalue weighted by Crippen LogP contribution is -2.14. The third kappa shape index (κ3) is 2.99. The lowest BCUT2D eigenvalue weighted by Gasteiger charge is -2.07. The molecule has 2 rings (SSSR count). The summed E-state index contributed by atoms with van der Waals surface area (Å²) in [7, 11) is 1.55. The van der Waals surface area contributed by atoms with Gasteiger partial charge >= 0.3 is 0 Å². The minimum absolute atomic E-state index is 0.0264. The quantitative estimate of drug-likeness (QED) is 0.746. The van der Waals surface area contributed by atoms with Gasteiger partial charge in [-0.15, -0.1) is 0 Å². The number of nitrogens with zero attached hydrogens (tertiary/aromatic N) is 3. The molecule has 0 fully saturated rings. The normalized spacial score (nSPS) is 10.4. The third-order valence-electron chi connectivity index (χ3n) is 2.79. The zero-order valence-corrected chi connectivity index (χ0v) is 11.2. The number of carbonyl (C=O) groups excluding carboxylic acids is 1. The van der Waals surface area contributed by atoms with Gasteiger partial charge in [0.2, 0.25) is 0 Å². The predicted octanol–water partition coefficient (Wildman–Crippen LogP) is 2.12. The van der Waals surface area contributed by atoms with Crippen LogP contribution in [0, 0.1) is 0 Å². The van der Waals surface area contributed by atoms with Gasteiger partial charge in [-0.2, -0.15) is 5.10 Å². The molecular formula is C14H17N3O2. The van der Waals surface area contributed by atoms with E-state index >= 15 is 0 Å². The standard InChI is InChI=1S/C14H17N3O2/c1-3-8-17-14(13(19-2)10-16-17)12(18)9-11-6-4-5-7-15-11/h4-7,10H,3,8-9H2,1-2H3. The molecule has 0 amide bonds. The number of hydrogen-bond acceptors (Lipinski definition) is 4. The zero-order chi connectivity index (χ0) is 13.7. The van der Waals surface area contributed by atoms with Crippen LogP contribution in [0.5, 0.6) is 5.75 Å². The molecular weight excluding hydrogens is 242 g/mol. The van der Waals surface area contributed by atoms with Gasteiger partial charge in [0.15, 0.2) is 11.5 Å². The molecule has 0 saturated carbocycles. The van der Waals surface area contributed by atoms with E-state index in [-0.39, 0.29) is 12.2 Å². The molecule has 0 unspecified atom stereocenters. The number of methoxy groups -OCH3 is 1. The van der Waals surface area contributed by atoms with Crippen LogP contribution in [0.4, 0.5) is 0 Å². The highest BCUT2D eigenvalue weighted by Gasteiger charge is 2.19. The van der Waals surface area contributed by atoms with E-state index in [1.165, 1.54) is 0 Å². The molecule has 0 aliphatic carbocycles. The molecule has 0 aliphatic rings. The molecule has 5 heteroatoms. The summed E-state index contributed by atoms with van der Waals surface area (Å²) in [5, 5.41) is 4.19. The maximum absolute atomic E-state index is 12.4. The Morgan fingerprint density at radius 3 is 2.89 bits per heavy atom. The van der Waals surface area contributed by atoms with Crippen molar-refractivity contribution in [1.82, 2.24) is 14.8 Å². The van der Waals surface area contributed by atoms with E-state index in [2.05, 4.69) is 10.1 Å². The molecule has 2 aromatic rings. The van der Waals surface area contributed by atoms with Gasteiger partial charge in [0, 0.05) is 18.4 Å². The fourth-order valence-electron chi connectivity index (χ4n) is 1.93. The smallest absolute Gasteiger partial charge is 0.190 e. The summed E-state index contributed by atoms with van der Waals surface area (Å²) in [4.78, 5) is 16.5. The monoisotopic (exact) mass is 259 g/mol. The van der Waals surface area contributed by atoms with Crippen molar-refractivity contribution >= 4 is 5.78 Å². The Hall–Kier alpha value is -2.17. The Bertz CT molecular complexity index is 549. The fourth-order valence-corrected chi connectivity index (χ4v) is 1.93. The third-order valence-corrected chi connectivity index (χ3v) is 2.79. The number of ketones is 1. The zero-order valence-electron chi connectivity index (χ0n) is 11.2. The number of pyridine rings is 1. The van der Waals surface area contributed by atoms with Gasteiger partial charge in [0.25, 0.3) is 0 Å².